The quantitative estimate of drug-likeness (QED) is 0.743. The Morgan fingerprint density at radius 3 is 2.72 bits per heavy atom. The maximum atomic E-state index is 12.8. The molecule has 0 atom stereocenters. The van der Waals surface area contributed by atoms with E-state index >= 15 is 0 Å². The van der Waals surface area contributed by atoms with Crippen molar-refractivity contribution in [1.82, 2.24) is 9.55 Å². The minimum absolute atomic E-state index is 0.107. The first-order valence-corrected chi connectivity index (χ1v) is 7.44. The summed E-state index contributed by atoms with van der Waals surface area (Å²) < 4.78 is 1.15. The second-order valence-electron chi connectivity index (χ2n) is 5.47. The van der Waals surface area contributed by atoms with E-state index in [1.54, 1.807) is 43.3 Å². The molecule has 0 fully saturated rings. The van der Waals surface area contributed by atoms with Gasteiger partial charge in [-0.1, -0.05) is 17.7 Å². The Kier molecular flexibility index (Phi) is 4.14. The Morgan fingerprint density at radius 2 is 2.04 bits per heavy atom. The lowest BCUT2D eigenvalue weighted by Gasteiger charge is -2.09. The van der Waals surface area contributed by atoms with E-state index in [0.717, 1.165) is 10.1 Å². The SMILES string of the molecule is Cc1ccc(O)c(C(=O)c2cc(C#N)c(=O)n(-c3ccccn3)c2)c1. The highest BCUT2D eigenvalue weighted by Crippen LogP contribution is 2.22. The highest BCUT2D eigenvalue weighted by molar-refractivity contribution is 6.10. The number of rotatable bonds is 3. The molecule has 6 nitrogen and oxygen atoms in total. The van der Waals surface area contributed by atoms with Gasteiger partial charge in [0.05, 0.1) is 5.56 Å². The van der Waals surface area contributed by atoms with Crippen molar-refractivity contribution in [3.05, 3.63) is 87.5 Å². The maximum Gasteiger partial charge on any atom is 0.274 e. The summed E-state index contributed by atoms with van der Waals surface area (Å²) >= 11 is 0. The number of benzene rings is 1. The van der Waals surface area contributed by atoms with Crippen LogP contribution in [0.4, 0.5) is 0 Å². The zero-order chi connectivity index (χ0) is 18.0. The summed E-state index contributed by atoms with van der Waals surface area (Å²) in [7, 11) is 0. The minimum Gasteiger partial charge on any atom is -0.507 e. The van der Waals surface area contributed by atoms with E-state index in [1.807, 2.05) is 0 Å². The average molecular weight is 331 g/mol. The number of aryl methyl sites for hydroxylation is 1. The number of pyridine rings is 2. The molecule has 0 bridgehead atoms. The molecule has 0 amide bonds. The number of ketones is 1. The molecule has 3 aromatic rings. The second-order valence-corrected chi connectivity index (χ2v) is 5.47. The van der Waals surface area contributed by atoms with Gasteiger partial charge in [0.25, 0.3) is 5.56 Å². The molecule has 6 heteroatoms. The van der Waals surface area contributed by atoms with Crippen LogP contribution >= 0.6 is 0 Å². The van der Waals surface area contributed by atoms with E-state index < -0.39 is 11.3 Å². The molecule has 3 rings (SSSR count). The monoisotopic (exact) mass is 331 g/mol. The van der Waals surface area contributed by atoms with Gasteiger partial charge in [-0.3, -0.25) is 14.2 Å². The number of aromatic nitrogens is 2. The van der Waals surface area contributed by atoms with E-state index in [1.165, 1.54) is 24.5 Å². The third kappa shape index (κ3) is 3.03. The Morgan fingerprint density at radius 1 is 1.24 bits per heavy atom. The van der Waals surface area contributed by atoms with Gasteiger partial charge in [-0.25, -0.2) is 4.98 Å². The number of phenols is 1. The van der Waals surface area contributed by atoms with Gasteiger partial charge in [0.2, 0.25) is 0 Å². The summed E-state index contributed by atoms with van der Waals surface area (Å²) in [6.45, 7) is 1.80. The first-order valence-electron chi connectivity index (χ1n) is 7.44. The number of nitrogens with zero attached hydrogens (tertiary/aromatic N) is 3. The summed E-state index contributed by atoms with van der Waals surface area (Å²) in [5, 5.41) is 19.2. The molecule has 0 aliphatic carbocycles. The van der Waals surface area contributed by atoms with E-state index in [0.29, 0.717) is 5.82 Å². The molecule has 25 heavy (non-hydrogen) atoms. The van der Waals surface area contributed by atoms with Gasteiger partial charge in [-0.2, -0.15) is 5.26 Å². The summed E-state index contributed by atoms with van der Waals surface area (Å²) in [6.07, 6.45) is 2.84. The minimum atomic E-state index is -0.564. The molecule has 0 aliphatic heterocycles. The smallest absolute Gasteiger partial charge is 0.274 e. The predicted octanol–water partition coefficient (Wildman–Crippen LogP) is 2.35. The van der Waals surface area contributed by atoms with E-state index in [2.05, 4.69) is 4.98 Å². The van der Waals surface area contributed by atoms with Crippen molar-refractivity contribution in [3.8, 4) is 17.6 Å². The fraction of sp³-hybridized carbons (Fsp3) is 0.0526. The van der Waals surface area contributed by atoms with Crippen molar-refractivity contribution in [3.63, 3.8) is 0 Å². The first-order chi connectivity index (χ1) is 12.0. The summed E-state index contributed by atoms with van der Waals surface area (Å²) in [5.74, 6) is -0.348. The fourth-order valence-corrected chi connectivity index (χ4v) is 2.44. The number of hydrogen-bond acceptors (Lipinski definition) is 5. The van der Waals surface area contributed by atoms with Crippen LogP contribution in [0.25, 0.3) is 5.82 Å². The summed E-state index contributed by atoms with van der Waals surface area (Å²) in [5.41, 5.74) is 0.285. The lowest BCUT2D eigenvalue weighted by Crippen LogP contribution is -2.23. The Balaban J connectivity index is 2.21. The third-order valence-electron chi connectivity index (χ3n) is 3.69. The summed E-state index contributed by atoms with van der Waals surface area (Å²) in [6, 6.07) is 12.7. The standard InChI is InChI=1S/C19H13N3O3/c1-12-5-6-16(23)15(8-12)18(24)14-9-13(10-20)19(25)22(11-14)17-4-2-3-7-21-17/h2-9,11,23H,1H3. The normalized spacial score (nSPS) is 10.2. The lowest BCUT2D eigenvalue weighted by molar-refractivity contribution is 0.103. The molecule has 2 heterocycles. The molecule has 0 unspecified atom stereocenters. The molecule has 122 valence electrons. The molecule has 0 radical (unpaired) electrons. The van der Waals surface area contributed by atoms with Crippen molar-refractivity contribution in [2.45, 2.75) is 6.92 Å². The van der Waals surface area contributed by atoms with Gasteiger partial charge in [-0.05, 0) is 37.3 Å². The number of phenolic OH excluding ortho intramolecular Hbond substituents is 1. The van der Waals surface area contributed by atoms with Gasteiger partial charge in [0, 0.05) is 18.0 Å². The number of hydrogen-bond donors (Lipinski definition) is 1. The number of aromatic hydroxyl groups is 1. The topological polar surface area (TPSA) is 96.0 Å². The largest absolute Gasteiger partial charge is 0.507 e. The van der Waals surface area contributed by atoms with Gasteiger partial charge >= 0.3 is 0 Å². The fourth-order valence-electron chi connectivity index (χ4n) is 2.44. The second kappa shape index (κ2) is 6.42. The highest BCUT2D eigenvalue weighted by Gasteiger charge is 2.18. The van der Waals surface area contributed by atoms with Crippen LogP contribution in [0, 0.1) is 18.3 Å². The van der Waals surface area contributed by atoms with Gasteiger partial charge in [0.15, 0.2) is 5.78 Å². The molecule has 0 saturated heterocycles. The number of carbonyl (C=O) groups is 1. The predicted molar refractivity (Wildman–Crippen MR) is 90.8 cm³/mol. The molecule has 2 aromatic heterocycles. The van der Waals surface area contributed by atoms with Crippen molar-refractivity contribution in [2.24, 2.45) is 0 Å². The Labute approximate surface area is 143 Å². The molecule has 1 N–H and O–H groups in total. The molecule has 0 spiro atoms. The van der Waals surface area contributed by atoms with Crippen LogP contribution in [0.15, 0.2) is 59.7 Å². The van der Waals surface area contributed by atoms with Crippen molar-refractivity contribution in [1.29, 1.82) is 5.26 Å². The molecule has 0 aliphatic rings. The average Bonchev–Trinajstić information content (AvgIpc) is 2.64. The van der Waals surface area contributed by atoms with E-state index in [4.69, 9.17) is 0 Å². The molecule has 1 aromatic carbocycles. The number of nitriles is 1. The maximum absolute atomic E-state index is 12.8. The van der Waals surface area contributed by atoms with Gasteiger partial charge in [-0.15, -0.1) is 0 Å². The Bertz CT molecular complexity index is 1060. The van der Waals surface area contributed by atoms with Crippen molar-refractivity contribution in [2.75, 3.05) is 0 Å². The van der Waals surface area contributed by atoms with Crippen LogP contribution in [-0.4, -0.2) is 20.4 Å². The highest BCUT2D eigenvalue weighted by atomic mass is 16.3. The zero-order valence-electron chi connectivity index (χ0n) is 13.3. The Hall–Kier alpha value is -3.72. The van der Waals surface area contributed by atoms with Crippen LogP contribution in [-0.2, 0) is 0 Å². The van der Waals surface area contributed by atoms with Crippen molar-refractivity contribution >= 4 is 5.78 Å². The number of carbonyl (C=O) groups excluding carboxylic acids is 1. The van der Waals surface area contributed by atoms with E-state index in [9.17, 15) is 20.0 Å². The van der Waals surface area contributed by atoms with Crippen LogP contribution < -0.4 is 5.56 Å². The third-order valence-corrected chi connectivity index (χ3v) is 3.69. The molecular weight excluding hydrogens is 318 g/mol. The van der Waals surface area contributed by atoms with Crippen LogP contribution in [0.1, 0.15) is 27.0 Å². The first kappa shape index (κ1) is 16.1. The van der Waals surface area contributed by atoms with E-state index in [-0.39, 0.29) is 22.4 Å². The van der Waals surface area contributed by atoms with Crippen LogP contribution in [0.3, 0.4) is 0 Å². The molecule has 0 saturated carbocycles. The lowest BCUT2D eigenvalue weighted by atomic mass is 10.0. The zero-order valence-corrected chi connectivity index (χ0v) is 13.3. The molecular formula is C19H13N3O3. The van der Waals surface area contributed by atoms with Gasteiger partial charge < -0.3 is 5.11 Å². The van der Waals surface area contributed by atoms with Crippen molar-refractivity contribution < 1.29 is 9.90 Å². The van der Waals surface area contributed by atoms with Crippen LogP contribution in [0.2, 0.25) is 0 Å². The summed E-state index contributed by atoms with van der Waals surface area (Å²) in [4.78, 5) is 29.2. The van der Waals surface area contributed by atoms with Gasteiger partial charge in [0.1, 0.15) is 23.2 Å². The van der Waals surface area contributed by atoms with Crippen LogP contribution in [0.5, 0.6) is 5.75 Å².